The lowest BCUT2D eigenvalue weighted by Gasteiger charge is -2.30. The van der Waals surface area contributed by atoms with Crippen molar-refractivity contribution in [3.63, 3.8) is 0 Å². The van der Waals surface area contributed by atoms with Crippen molar-refractivity contribution in [3.8, 4) is 5.75 Å². The zero-order valence-corrected chi connectivity index (χ0v) is 16.3. The summed E-state index contributed by atoms with van der Waals surface area (Å²) in [5.41, 5.74) is 7.53. The highest BCUT2D eigenvalue weighted by molar-refractivity contribution is 7.89. The van der Waals surface area contributed by atoms with Gasteiger partial charge in [-0.05, 0) is 49.8 Å². The largest absolute Gasteiger partial charge is 0.495 e. The zero-order valence-electron chi connectivity index (χ0n) is 14.7. The van der Waals surface area contributed by atoms with Crippen molar-refractivity contribution in [1.29, 1.82) is 0 Å². The van der Waals surface area contributed by atoms with Crippen molar-refractivity contribution < 1.29 is 13.2 Å². The maximum atomic E-state index is 12.9. The second-order valence-corrected chi connectivity index (χ2v) is 8.13. The molecule has 3 N–H and O–H groups in total. The van der Waals surface area contributed by atoms with Crippen LogP contribution >= 0.6 is 12.4 Å². The highest BCUT2D eigenvalue weighted by atomic mass is 35.5. The number of sulfonamides is 1. The molecule has 7 heteroatoms. The van der Waals surface area contributed by atoms with Gasteiger partial charge in [-0.2, -0.15) is 0 Å². The normalized spacial score (nSPS) is 17.2. The summed E-state index contributed by atoms with van der Waals surface area (Å²) in [6.07, 6.45) is 5.60. The van der Waals surface area contributed by atoms with Crippen LogP contribution in [-0.4, -0.2) is 28.1 Å². The molecular formula is C17H29ClN2O3S. The zero-order chi connectivity index (χ0) is 17.0. The monoisotopic (exact) mass is 376 g/mol. The van der Waals surface area contributed by atoms with Gasteiger partial charge in [0.25, 0.3) is 0 Å². The van der Waals surface area contributed by atoms with Gasteiger partial charge < -0.3 is 10.5 Å². The molecule has 0 saturated heterocycles. The molecule has 1 aromatic carbocycles. The van der Waals surface area contributed by atoms with E-state index in [2.05, 4.69) is 4.72 Å². The summed E-state index contributed by atoms with van der Waals surface area (Å²) >= 11 is 0. The van der Waals surface area contributed by atoms with Crippen molar-refractivity contribution in [2.45, 2.75) is 56.9 Å². The summed E-state index contributed by atoms with van der Waals surface area (Å²) < 4.78 is 34.0. The van der Waals surface area contributed by atoms with Crippen molar-refractivity contribution in [2.24, 2.45) is 11.7 Å². The smallest absolute Gasteiger partial charge is 0.244 e. The molecule has 1 aliphatic carbocycles. The predicted octanol–water partition coefficient (Wildman–Crippen LogP) is 2.92. The Morgan fingerprint density at radius 1 is 1.25 bits per heavy atom. The summed E-state index contributed by atoms with van der Waals surface area (Å²) in [5.74, 6) is 0.703. The number of aryl methyl sites for hydroxylation is 2. The highest BCUT2D eigenvalue weighted by Crippen LogP contribution is 2.31. The lowest BCUT2D eigenvalue weighted by atomic mass is 9.84. The Morgan fingerprint density at radius 2 is 1.88 bits per heavy atom. The fourth-order valence-corrected chi connectivity index (χ4v) is 5.24. The third-order valence-electron chi connectivity index (χ3n) is 4.65. The average Bonchev–Trinajstić information content (AvgIpc) is 2.52. The molecule has 24 heavy (non-hydrogen) atoms. The Hall–Kier alpha value is -0.820. The van der Waals surface area contributed by atoms with Crippen LogP contribution in [0.25, 0.3) is 0 Å². The molecule has 0 amide bonds. The molecule has 1 atom stereocenters. The molecule has 0 heterocycles. The van der Waals surface area contributed by atoms with E-state index in [0.717, 1.165) is 31.2 Å². The number of nitrogens with one attached hydrogen (secondary N) is 1. The number of rotatable bonds is 6. The molecule has 0 bridgehead atoms. The van der Waals surface area contributed by atoms with E-state index >= 15 is 0 Å². The van der Waals surface area contributed by atoms with Crippen molar-refractivity contribution >= 4 is 22.4 Å². The van der Waals surface area contributed by atoms with Gasteiger partial charge in [0.15, 0.2) is 0 Å². The fraction of sp³-hybridized carbons (Fsp3) is 0.647. The van der Waals surface area contributed by atoms with Crippen LogP contribution in [0.15, 0.2) is 17.0 Å². The Kier molecular flexibility index (Phi) is 7.99. The average molecular weight is 377 g/mol. The minimum absolute atomic E-state index is 0. The van der Waals surface area contributed by atoms with Crippen LogP contribution in [0.3, 0.4) is 0 Å². The minimum atomic E-state index is -3.67. The third kappa shape index (κ3) is 4.85. The van der Waals surface area contributed by atoms with E-state index in [-0.39, 0.29) is 23.3 Å². The molecule has 0 radical (unpaired) electrons. The van der Waals surface area contributed by atoms with Crippen molar-refractivity contribution in [2.75, 3.05) is 13.7 Å². The molecular weight excluding hydrogens is 348 g/mol. The number of methoxy groups -OCH3 is 1. The molecule has 1 aliphatic rings. The van der Waals surface area contributed by atoms with E-state index in [1.165, 1.54) is 13.5 Å². The number of halogens is 1. The first-order valence-electron chi connectivity index (χ1n) is 8.26. The topological polar surface area (TPSA) is 81.4 Å². The summed E-state index contributed by atoms with van der Waals surface area (Å²) in [5, 5.41) is 0. The van der Waals surface area contributed by atoms with Gasteiger partial charge in [-0.15, -0.1) is 12.4 Å². The molecule has 5 nitrogen and oxygen atoms in total. The standard InChI is InChI=1S/C17H28N2O3S.ClH/c1-12-9-13(2)17(16(10-12)22-3)23(20,21)19-15(11-18)14-7-5-4-6-8-14;/h9-10,14-15,19H,4-8,11,18H2,1-3H3;1H. The summed E-state index contributed by atoms with van der Waals surface area (Å²) in [6.45, 7) is 4.03. The minimum Gasteiger partial charge on any atom is -0.495 e. The lowest BCUT2D eigenvalue weighted by molar-refractivity contribution is 0.294. The SMILES string of the molecule is COc1cc(C)cc(C)c1S(=O)(=O)NC(CN)C1CCCCC1.Cl. The van der Waals surface area contributed by atoms with E-state index in [0.29, 0.717) is 23.8 Å². The lowest BCUT2D eigenvalue weighted by Crippen LogP contribution is -2.46. The van der Waals surface area contributed by atoms with Gasteiger partial charge >= 0.3 is 0 Å². The number of nitrogens with two attached hydrogens (primary N) is 1. The van der Waals surface area contributed by atoms with Crippen LogP contribution < -0.4 is 15.2 Å². The quantitative estimate of drug-likeness (QED) is 0.799. The second-order valence-electron chi connectivity index (χ2n) is 6.47. The molecule has 138 valence electrons. The van der Waals surface area contributed by atoms with E-state index in [1.54, 1.807) is 13.0 Å². The van der Waals surface area contributed by atoms with Crippen LogP contribution in [0.5, 0.6) is 5.75 Å². The van der Waals surface area contributed by atoms with Crippen LogP contribution in [-0.2, 0) is 10.0 Å². The maximum absolute atomic E-state index is 12.9. The Labute approximate surface area is 151 Å². The van der Waals surface area contributed by atoms with Gasteiger partial charge in [-0.25, -0.2) is 13.1 Å². The van der Waals surface area contributed by atoms with Crippen LogP contribution in [0.1, 0.15) is 43.2 Å². The van der Waals surface area contributed by atoms with E-state index in [4.69, 9.17) is 10.5 Å². The van der Waals surface area contributed by atoms with Crippen LogP contribution in [0, 0.1) is 19.8 Å². The highest BCUT2D eigenvalue weighted by Gasteiger charge is 2.30. The molecule has 0 spiro atoms. The maximum Gasteiger partial charge on any atom is 0.244 e. The van der Waals surface area contributed by atoms with Crippen molar-refractivity contribution in [1.82, 2.24) is 4.72 Å². The molecule has 2 rings (SSSR count). The second kappa shape index (κ2) is 9.04. The molecule has 1 fully saturated rings. The van der Waals surface area contributed by atoms with Gasteiger partial charge in [0, 0.05) is 12.6 Å². The van der Waals surface area contributed by atoms with Gasteiger partial charge in [0.2, 0.25) is 10.0 Å². The first-order chi connectivity index (χ1) is 10.9. The Balaban J connectivity index is 0.00000288. The van der Waals surface area contributed by atoms with Crippen LogP contribution in [0.4, 0.5) is 0 Å². The molecule has 1 unspecified atom stereocenters. The van der Waals surface area contributed by atoms with Crippen molar-refractivity contribution in [3.05, 3.63) is 23.3 Å². The number of hydrogen-bond donors (Lipinski definition) is 2. The van der Waals surface area contributed by atoms with Gasteiger partial charge in [-0.1, -0.05) is 25.3 Å². The van der Waals surface area contributed by atoms with Gasteiger partial charge in [0.1, 0.15) is 10.6 Å². The van der Waals surface area contributed by atoms with E-state index in [1.807, 2.05) is 13.0 Å². The van der Waals surface area contributed by atoms with Gasteiger partial charge in [0.05, 0.1) is 7.11 Å². The van der Waals surface area contributed by atoms with E-state index in [9.17, 15) is 8.42 Å². The first kappa shape index (κ1) is 21.2. The number of hydrogen-bond acceptors (Lipinski definition) is 4. The molecule has 0 aromatic heterocycles. The third-order valence-corrected chi connectivity index (χ3v) is 6.33. The summed E-state index contributed by atoms with van der Waals surface area (Å²) in [7, 11) is -2.17. The Bertz CT molecular complexity index is 643. The predicted molar refractivity (Wildman–Crippen MR) is 99.5 cm³/mol. The summed E-state index contributed by atoms with van der Waals surface area (Å²) in [4.78, 5) is 0.222. The molecule has 1 saturated carbocycles. The number of ether oxygens (including phenoxy) is 1. The Morgan fingerprint density at radius 3 is 2.42 bits per heavy atom. The number of benzene rings is 1. The van der Waals surface area contributed by atoms with E-state index < -0.39 is 10.0 Å². The molecule has 1 aromatic rings. The first-order valence-corrected chi connectivity index (χ1v) is 9.75. The van der Waals surface area contributed by atoms with Crippen LogP contribution in [0.2, 0.25) is 0 Å². The molecule has 0 aliphatic heterocycles. The van der Waals surface area contributed by atoms with Gasteiger partial charge in [-0.3, -0.25) is 0 Å². The fourth-order valence-electron chi connectivity index (χ4n) is 3.54. The summed E-state index contributed by atoms with van der Waals surface area (Å²) in [6, 6.07) is 3.39.